The molecule has 2 aliphatic rings. The molecule has 2 amide bonds. The van der Waals surface area contributed by atoms with E-state index < -0.39 is 48.3 Å². The second-order valence-corrected chi connectivity index (χ2v) is 10.3. The highest BCUT2D eigenvalue weighted by molar-refractivity contribution is 6.11. The molecular formula is C25H30F5N7O2. The second kappa shape index (κ2) is 10.9. The summed E-state index contributed by atoms with van der Waals surface area (Å²) in [5.74, 6) is -6.79. The number of hydrogen-bond donors (Lipinski definition) is 4. The third-order valence-electron chi connectivity index (χ3n) is 7.43. The van der Waals surface area contributed by atoms with Crippen LogP contribution in [-0.4, -0.2) is 51.3 Å². The minimum atomic E-state index is -4.42. The Kier molecular flexibility index (Phi) is 7.94. The SMILES string of the molecule is C/C(N)=C(/C=N)C(=O)N[C@H](c1cn2nc(CC3C[C@@H](C(F)(F)F)CNC3=O)ccc2n1)C1CCC(F)(F)CC1. The third-order valence-corrected chi connectivity index (χ3v) is 7.43. The van der Waals surface area contributed by atoms with Gasteiger partial charge in [-0.15, -0.1) is 0 Å². The van der Waals surface area contributed by atoms with Crippen LogP contribution >= 0.6 is 0 Å². The van der Waals surface area contributed by atoms with Gasteiger partial charge in [-0.2, -0.15) is 18.3 Å². The van der Waals surface area contributed by atoms with Crippen LogP contribution in [-0.2, 0) is 16.0 Å². The lowest BCUT2D eigenvalue weighted by Crippen LogP contribution is -2.47. The van der Waals surface area contributed by atoms with Gasteiger partial charge in [0, 0.05) is 43.6 Å². The summed E-state index contributed by atoms with van der Waals surface area (Å²) in [6.45, 7) is 1.02. The maximum atomic E-state index is 13.9. The summed E-state index contributed by atoms with van der Waals surface area (Å²) in [5.41, 5.74) is 6.88. The molecule has 14 heteroatoms. The average molecular weight is 556 g/mol. The van der Waals surface area contributed by atoms with E-state index in [0.29, 0.717) is 17.0 Å². The number of allylic oxidation sites excluding steroid dienone is 1. The number of nitrogens with one attached hydrogen (secondary N) is 3. The van der Waals surface area contributed by atoms with E-state index in [1.807, 2.05) is 0 Å². The fraction of sp³-hybridized carbons (Fsp3) is 0.560. The zero-order chi connectivity index (χ0) is 28.5. The first kappa shape index (κ1) is 28.4. The number of amides is 2. The van der Waals surface area contributed by atoms with Crippen molar-refractivity contribution in [3.63, 3.8) is 0 Å². The van der Waals surface area contributed by atoms with Crippen molar-refractivity contribution in [2.75, 3.05) is 6.54 Å². The largest absolute Gasteiger partial charge is 0.402 e. The molecule has 212 valence electrons. The van der Waals surface area contributed by atoms with Crippen molar-refractivity contribution in [2.24, 2.45) is 23.5 Å². The molecule has 2 fully saturated rings. The number of carbonyl (C=O) groups is 2. The molecular weight excluding hydrogens is 525 g/mol. The lowest BCUT2D eigenvalue weighted by atomic mass is 9.81. The summed E-state index contributed by atoms with van der Waals surface area (Å²) >= 11 is 0. The van der Waals surface area contributed by atoms with Gasteiger partial charge < -0.3 is 21.8 Å². The molecule has 2 aromatic heterocycles. The summed E-state index contributed by atoms with van der Waals surface area (Å²) in [6.07, 6.45) is -2.84. The third kappa shape index (κ3) is 6.53. The summed E-state index contributed by atoms with van der Waals surface area (Å²) in [6, 6.07) is 2.39. The Morgan fingerprint density at radius 3 is 2.64 bits per heavy atom. The Morgan fingerprint density at radius 1 is 1.33 bits per heavy atom. The molecule has 0 aromatic carbocycles. The standard InChI is InChI=1S/C25H30F5N7O2/c1-13(32)18(10-31)23(39)35-21(14-4-6-24(26,27)7-5-14)19-12-37-20(34-19)3-2-17(36-37)9-15-8-16(25(28,29)30)11-33-22(15)38/h2-3,10,12,14-16,21,31H,4-9,11,32H2,1H3,(H,33,38)(H,35,39)/b18-13+,31-10?/t15?,16-,21+/m1/s1. The van der Waals surface area contributed by atoms with Crippen molar-refractivity contribution in [1.29, 1.82) is 5.41 Å². The number of rotatable bonds is 7. The van der Waals surface area contributed by atoms with Gasteiger partial charge in [0.25, 0.3) is 5.91 Å². The second-order valence-electron chi connectivity index (χ2n) is 10.3. The van der Waals surface area contributed by atoms with Crippen molar-refractivity contribution in [1.82, 2.24) is 25.2 Å². The Hall–Kier alpha value is -3.58. The van der Waals surface area contributed by atoms with E-state index in [-0.39, 0.29) is 55.7 Å². The van der Waals surface area contributed by atoms with Crippen molar-refractivity contribution in [3.8, 4) is 0 Å². The first-order chi connectivity index (χ1) is 18.3. The number of aromatic nitrogens is 3. The predicted octanol–water partition coefficient (Wildman–Crippen LogP) is 3.45. The zero-order valence-electron chi connectivity index (χ0n) is 21.2. The van der Waals surface area contributed by atoms with Gasteiger partial charge in [-0.1, -0.05) is 0 Å². The van der Waals surface area contributed by atoms with Crippen LogP contribution in [0.2, 0.25) is 0 Å². The van der Waals surface area contributed by atoms with Gasteiger partial charge in [0.05, 0.1) is 35.1 Å². The van der Waals surface area contributed by atoms with Crippen LogP contribution in [0.15, 0.2) is 29.6 Å². The van der Waals surface area contributed by atoms with Gasteiger partial charge in [0.1, 0.15) is 0 Å². The number of carbonyl (C=O) groups excluding carboxylic acids is 2. The van der Waals surface area contributed by atoms with Gasteiger partial charge in [0.2, 0.25) is 11.8 Å². The molecule has 1 saturated heterocycles. The molecule has 9 nitrogen and oxygen atoms in total. The molecule has 0 radical (unpaired) electrons. The van der Waals surface area contributed by atoms with Crippen LogP contribution in [0.5, 0.6) is 0 Å². The zero-order valence-corrected chi connectivity index (χ0v) is 21.2. The molecule has 1 saturated carbocycles. The van der Waals surface area contributed by atoms with E-state index in [9.17, 15) is 31.5 Å². The van der Waals surface area contributed by atoms with E-state index >= 15 is 0 Å². The maximum Gasteiger partial charge on any atom is 0.393 e. The Morgan fingerprint density at radius 2 is 2.03 bits per heavy atom. The molecule has 3 atom stereocenters. The Balaban J connectivity index is 1.59. The highest BCUT2D eigenvalue weighted by Crippen LogP contribution is 2.41. The topological polar surface area (TPSA) is 138 Å². The molecule has 2 aromatic rings. The Labute approximate surface area is 220 Å². The summed E-state index contributed by atoms with van der Waals surface area (Å²) in [4.78, 5) is 29.6. The minimum Gasteiger partial charge on any atom is -0.402 e. The smallest absolute Gasteiger partial charge is 0.393 e. The van der Waals surface area contributed by atoms with Crippen molar-refractivity contribution >= 4 is 23.7 Å². The van der Waals surface area contributed by atoms with Gasteiger partial charge in [-0.3, -0.25) is 9.59 Å². The number of nitrogens with zero attached hydrogens (tertiary/aromatic N) is 3. The number of fused-ring (bicyclic) bond motifs is 1. The first-order valence-electron chi connectivity index (χ1n) is 12.6. The van der Waals surface area contributed by atoms with Crippen LogP contribution in [0.25, 0.3) is 5.65 Å². The number of hydrogen-bond acceptors (Lipinski definition) is 6. The van der Waals surface area contributed by atoms with E-state index in [2.05, 4.69) is 20.7 Å². The van der Waals surface area contributed by atoms with Gasteiger partial charge >= 0.3 is 6.18 Å². The maximum absolute atomic E-state index is 13.9. The lowest BCUT2D eigenvalue weighted by molar-refractivity contribution is -0.183. The van der Waals surface area contributed by atoms with E-state index in [1.165, 1.54) is 17.6 Å². The highest BCUT2D eigenvalue weighted by atomic mass is 19.4. The normalized spacial score (nSPS) is 23.6. The molecule has 39 heavy (non-hydrogen) atoms. The van der Waals surface area contributed by atoms with Crippen LogP contribution in [0, 0.1) is 23.2 Å². The fourth-order valence-electron chi connectivity index (χ4n) is 5.18. The summed E-state index contributed by atoms with van der Waals surface area (Å²) < 4.78 is 68.7. The monoisotopic (exact) mass is 555 g/mol. The minimum absolute atomic E-state index is 0.0109. The van der Waals surface area contributed by atoms with E-state index in [4.69, 9.17) is 11.1 Å². The molecule has 1 aliphatic carbocycles. The summed E-state index contributed by atoms with van der Waals surface area (Å²) in [7, 11) is 0. The molecule has 1 unspecified atom stereocenters. The first-order valence-corrected chi connectivity index (χ1v) is 12.6. The van der Waals surface area contributed by atoms with E-state index in [1.54, 1.807) is 12.1 Å². The molecule has 0 spiro atoms. The van der Waals surface area contributed by atoms with Gasteiger partial charge in [0.15, 0.2) is 5.65 Å². The number of halogens is 5. The number of piperidine rings is 1. The molecule has 4 rings (SSSR count). The number of alkyl halides is 5. The lowest BCUT2D eigenvalue weighted by Gasteiger charge is -2.33. The van der Waals surface area contributed by atoms with Crippen LogP contribution < -0.4 is 16.4 Å². The van der Waals surface area contributed by atoms with Crippen molar-refractivity contribution in [3.05, 3.63) is 41.0 Å². The fourth-order valence-corrected chi connectivity index (χ4v) is 5.18. The summed E-state index contributed by atoms with van der Waals surface area (Å²) in [5, 5.41) is 17.0. The van der Waals surface area contributed by atoms with Gasteiger partial charge in [-0.25, -0.2) is 18.3 Å². The van der Waals surface area contributed by atoms with Crippen molar-refractivity contribution < 1.29 is 31.5 Å². The molecule has 0 bridgehead atoms. The van der Waals surface area contributed by atoms with Gasteiger partial charge in [-0.05, 0) is 44.2 Å². The average Bonchev–Trinajstić information content (AvgIpc) is 3.27. The Bertz CT molecular complexity index is 1280. The van der Waals surface area contributed by atoms with Crippen LogP contribution in [0.1, 0.15) is 56.5 Å². The molecule has 1 aliphatic heterocycles. The highest BCUT2D eigenvalue weighted by Gasteiger charge is 2.45. The number of imidazole rings is 1. The predicted molar refractivity (Wildman–Crippen MR) is 131 cm³/mol. The van der Waals surface area contributed by atoms with Crippen LogP contribution in [0.4, 0.5) is 22.0 Å². The van der Waals surface area contributed by atoms with E-state index in [0.717, 1.165) is 6.21 Å². The molecule has 3 heterocycles. The quantitative estimate of drug-likeness (QED) is 0.236. The number of nitrogens with two attached hydrogens (primary N) is 1. The molecule has 5 N–H and O–H groups in total. The van der Waals surface area contributed by atoms with Crippen molar-refractivity contribution in [2.45, 2.75) is 63.6 Å². The van der Waals surface area contributed by atoms with Crippen LogP contribution in [0.3, 0.4) is 0 Å².